The largest absolute Gasteiger partial charge is 0.490 e. The summed E-state index contributed by atoms with van der Waals surface area (Å²) >= 11 is 5.89. The van der Waals surface area contributed by atoms with Crippen LogP contribution in [0.15, 0.2) is 18.2 Å². The van der Waals surface area contributed by atoms with Gasteiger partial charge in [-0.15, -0.1) is 0 Å². The Morgan fingerprint density at radius 2 is 2.16 bits per heavy atom. The quantitative estimate of drug-likeness (QED) is 0.599. The summed E-state index contributed by atoms with van der Waals surface area (Å²) in [6, 6.07) is 4.58. The third-order valence-electron chi connectivity index (χ3n) is 3.77. The van der Waals surface area contributed by atoms with Crippen molar-refractivity contribution in [1.82, 2.24) is 0 Å². The normalized spacial score (nSPS) is 23.1. The first-order valence-electron chi connectivity index (χ1n) is 6.72. The number of rotatable bonds is 4. The van der Waals surface area contributed by atoms with Gasteiger partial charge in [0.15, 0.2) is 0 Å². The molecule has 1 saturated carbocycles. The van der Waals surface area contributed by atoms with Crippen LogP contribution in [0.4, 0.5) is 5.69 Å². The maximum atomic E-state index is 10.7. The van der Waals surface area contributed by atoms with Gasteiger partial charge in [0, 0.05) is 12.1 Å². The second kappa shape index (κ2) is 6.24. The predicted octanol–water partition coefficient (Wildman–Crippen LogP) is 4.60. The number of hydrogen-bond acceptors (Lipinski definition) is 3. The Balaban J connectivity index is 2.10. The van der Waals surface area contributed by atoms with Gasteiger partial charge in [-0.25, -0.2) is 0 Å². The standard InChI is InChI=1S/C14H18ClNO3/c1-2-10-5-3-4-6-14(10)19-11-7-8-13(16(17)18)12(15)9-11/h7-10,14H,2-6H2,1H3. The smallest absolute Gasteiger partial charge is 0.288 e. The van der Waals surface area contributed by atoms with E-state index in [1.54, 1.807) is 12.1 Å². The van der Waals surface area contributed by atoms with E-state index >= 15 is 0 Å². The van der Waals surface area contributed by atoms with Crippen molar-refractivity contribution < 1.29 is 9.66 Å². The predicted molar refractivity (Wildman–Crippen MR) is 74.8 cm³/mol. The fourth-order valence-corrected chi connectivity index (χ4v) is 2.92. The average molecular weight is 284 g/mol. The highest BCUT2D eigenvalue weighted by Gasteiger charge is 2.25. The Kier molecular flexibility index (Phi) is 4.64. The van der Waals surface area contributed by atoms with Gasteiger partial charge in [0.1, 0.15) is 16.9 Å². The van der Waals surface area contributed by atoms with Crippen LogP contribution >= 0.6 is 11.6 Å². The molecular formula is C14H18ClNO3. The Morgan fingerprint density at radius 1 is 1.42 bits per heavy atom. The lowest BCUT2D eigenvalue weighted by atomic mass is 9.85. The van der Waals surface area contributed by atoms with Crippen LogP contribution in [0.3, 0.4) is 0 Å². The number of ether oxygens (including phenoxy) is 1. The summed E-state index contributed by atoms with van der Waals surface area (Å²) in [5, 5.41) is 10.8. The summed E-state index contributed by atoms with van der Waals surface area (Å²) in [5.74, 6) is 1.20. The van der Waals surface area contributed by atoms with Crippen LogP contribution in [0.2, 0.25) is 5.02 Å². The number of hydrogen-bond donors (Lipinski definition) is 0. The van der Waals surface area contributed by atoms with Crippen molar-refractivity contribution in [3.63, 3.8) is 0 Å². The van der Waals surface area contributed by atoms with Gasteiger partial charge in [-0.05, 0) is 37.7 Å². The Hall–Kier alpha value is -1.29. The Bertz CT molecular complexity index is 464. The highest BCUT2D eigenvalue weighted by Crippen LogP contribution is 2.33. The molecule has 1 aliphatic rings. The number of halogens is 1. The zero-order valence-corrected chi connectivity index (χ0v) is 11.7. The molecule has 104 valence electrons. The number of nitro groups is 1. The van der Waals surface area contributed by atoms with Crippen molar-refractivity contribution in [3.8, 4) is 5.75 Å². The molecule has 0 spiro atoms. The average Bonchev–Trinajstić information content (AvgIpc) is 2.39. The van der Waals surface area contributed by atoms with Crippen molar-refractivity contribution in [1.29, 1.82) is 0 Å². The number of nitrogens with zero attached hydrogens (tertiary/aromatic N) is 1. The van der Waals surface area contributed by atoms with Crippen LogP contribution in [-0.4, -0.2) is 11.0 Å². The van der Waals surface area contributed by atoms with E-state index in [0.29, 0.717) is 11.7 Å². The lowest BCUT2D eigenvalue weighted by molar-refractivity contribution is -0.384. The summed E-state index contributed by atoms with van der Waals surface area (Å²) in [6.07, 6.45) is 6.00. The highest BCUT2D eigenvalue weighted by molar-refractivity contribution is 6.32. The summed E-state index contributed by atoms with van der Waals surface area (Å²) in [6.45, 7) is 2.18. The van der Waals surface area contributed by atoms with Crippen molar-refractivity contribution >= 4 is 17.3 Å². The molecule has 0 aromatic heterocycles. The Morgan fingerprint density at radius 3 is 2.79 bits per heavy atom. The van der Waals surface area contributed by atoms with Crippen molar-refractivity contribution in [2.24, 2.45) is 5.92 Å². The SMILES string of the molecule is CCC1CCCCC1Oc1ccc([N+](=O)[O-])c(Cl)c1. The molecule has 0 aliphatic heterocycles. The highest BCUT2D eigenvalue weighted by atomic mass is 35.5. The minimum atomic E-state index is -0.485. The van der Waals surface area contributed by atoms with Gasteiger partial charge in [-0.2, -0.15) is 0 Å². The van der Waals surface area contributed by atoms with Crippen LogP contribution in [0, 0.1) is 16.0 Å². The molecular weight excluding hydrogens is 266 g/mol. The number of nitro benzene ring substituents is 1. The topological polar surface area (TPSA) is 52.4 Å². The van der Waals surface area contributed by atoms with Crippen LogP contribution in [-0.2, 0) is 0 Å². The molecule has 5 heteroatoms. The van der Waals surface area contributed by atoms with E-state index in [4.69, 9.17) is 16.3 Å². The zero-order valence-electron chi connectivity index (χ0n) is 11.0. The molecule has 2 unspecified atom stereocenters. The van der Waals surface area contributed by atoms with Crippen molar-refractivity contribution in [3.05, 3.63) is 33.3 Å². The lowest BCUT2D eigenvalue weighted by Crippen LogP contribution is -2.29. The summed E-state index contributed by atoms with van der Waals surface area (Å²) in [5.41, 5.74) is -0.0790. The Labute approximate surface area is 117 Å². The van der Waals surface area contributed by atoms with Gasteiger partial charge < -0.3 is 4.74 Å². The molecule has 0 saturated heterocycles. The molecule has 2 rings (SSSR count). The van der Waals surface area contributed by atoms with E-state index in [1.807, 2.05) is 0 Å². The van der Waals surface area contributed by atoms with Crippen LogP contribution in [0.1, 0.15) is 39.0 Å². The first kappa shape index (κ1) is 14.1. The molecule has 1 fully saturated rings. The van der Waals surface area contributed by atoms with Gasteiger partial charge in [0.05, 0.1) is 4.92 Å². The third-order valence-corrected chi connectivity index (χ3v) is 4.07. The fraction of sp³-hybridized carbons (Fsp3) is 0.571. The molecule has 0 bridgehead atoms. The molecule has 1 aromatic rings. The van der Waals surface area contributed by atoms with E-state index in [0.717, 1.165) is 12.8 Å². The van der Waals surface area contributed by atoms with Crippen LogP contribution in [0.5, 0.6) is 5.75 Å². The molecule has 1 aromatic carbocycles. The second-order valence-corrected chi connectivity index (χ2v) is 5.39. The zero-order chi connectivity index (χ0) is 13.8. The molecule has 2 atom stereocenters. The summed E-state index contributed by atoms with van der Waals surface area (Å²) in [7, 11) is 0. The van der Waals surface area contributed by atoms with Gasteiger partial charge in [0.25, 0.3) is 5.69 Å². The maximum absolute atomic E-state index is 10.7. The monoisotopic (exact) mass is 283 g/mol. The molecule has 0 N–H and O–H groups in total. The first-order valence-corrected chi connectivity index (χ1v) is 7.10. The maximum Gasteiger partial charge on any atom is 0.288 e. The molecule has 19 heavy (non-hydrogen) atoms. The van der Waals surface area contributed by atoms with Crippen LogP contribution in [0.25, 0.3) is 0 Å². The van der Waals surface area contributed by atoms with E-state index < -0.39 is 4.92 Å². The summed E-state index contributed by atoms with van der Waals surface area (Å²) in [4.78, 5) is 10.2. The lowest BCUT2D eigenvalue weighted by Gasteiger charge is -2.31. The minimum absolute atomic E-state index is 0.0790. The molecule has 1 aliphatic carbocycles. The molecule has 0 amide bonds. The minimum Gasteiger partial charge on any atom is -0.490 e. The first-order chi connectivity index (χ1) is 9.11. The summed E-state index contributed by atoms with van der Waals surface area (Å²) < 4.78 is 5.97. The molecule has 4 nitrogen and oxygen atoms in total. The molecule has 0 radical (unpaired) electrons. The van der Waals surface area contributed by atoms with Gasteiger partial charge in [0.2, 0.25) is 0 Å². The van der Waals surface area contributed by atoms with Crippen LogP contribution < -0.4 is 4.74 Å². The van der Waals surface area contributed by atoms with Gasteiger partial charge in [-0.1, -0.05) is 24.9 Å². The van der Waals surface area contributed by atoms with E-state index in [2.05, 4.69) is 6.92 Å². The van der Waals surface area contributed by atoms with E-state index in [9.17, 15) is 10.1 Å². The van der Waals surface area contributed by atoms with Gasteiger partial charge >= 0.3 is 0 Å². The number of benzene rings is 1. The second-order valence-electron chi connectivity index (χ2n) is 4.98. The third kappa shape index (κ3) is 3.38. The van der Waals surface area contributed by atoms with Gasteiger partial charge in [-0.3, -0.25) is 10.1 Å². The molecule has 0 heterocycles. The van der Waals surface area contributed by atoms with Crippen molar-refractivity contribution in [2.75, 3.05) is 0 Å². The fourth-order valence-electron chi connectivity index (χ4n) is 2.68. The van der Waals surface area contributed by atoms with E-state index in [-0.39, 0.29) is 16.8 Å². The van der Waals surface area contributed by atoms with Crippen molar-refractivity contribution in [2.45, 2.75) is 45.1 Å². The van der Waals surface area contributed by atoms with E-state index in [1.165, 1.54) is 25.3 Å².